The van der Waals surface area contributed by atoms with Crippen LogP contribution in [-0.2, 0) is 6.54 Å². The summed E-state index contributed by atoms with van der Waals surface area (Å²) in [7, 11) is 0. The Balaban J connectivity index is 1.95. The molecule has 0 radical (unpaired) electrons. The highest BCUT2D eigenvalue weighted by molar-refractivity contribution is 7.09. The monoisotopic (exact) mass is 284 g/mol. The predicted molar refractivity (Wildman–Crippen MR) is 85.1 cm³/mol. The molecule has 0 spiro atoms. The van der Waals surface area contributed by atoms with E-state index < -0.39 is 0 Å². The highest BCUT2D eigenvalue weighted by Gasteiger charge is 2.06. The zero-order valence-corrected chi connectivity index (χ0v) is 12.3. The van der Waals surface area contributed by atoms with E-state index in [1.807, 2.05) is 38.1 Å². The number of hydrogen-bond acceptors (Lipinski definition) is 5. The van der Waals surface area contributed by atoms with E-state index in [4.69, 9.17) is 5.73 Å². The van der Waals surface area contributed by atoms with Crippen molar-refractivity contribution in [3.8, 4) is 0 Å². The number of nitrogens with one attached hydrogen (secondary N) is 1. The minimum Gasteiger partial charge on any atom is -0.399 e. The van der Waals surface area contributed by atoms with Gasteiger partial charge in [-0.25, -0.2) is 4.98 Å². The molecular formula is C15H16N4S. The molecule has 0 aliphatic rings. The van der Waals surface area contributed by atoms with Crippen molar-refractivity contribution in [1.82, 2.24) is 9.97 Å². The van der Waals surface area contributed by atoms with Gasteiger partial charge in [-0.2, -0.15) is 0 Å². The number of benzene rings is 1. The molecule has 2 aromatic heterocycles. The zero-order valence-electron chi connectivity index (χ0n) is 11.5. The summed E-state index contributed by atoms with van der Waals surface area (Å²) in [6.45, 7) is 4.72. The first-order chi connectivity index (χ1) is 9.61. The van der Waals surface area contributed by atoms with Crippen LogP contribution in [0.1, 0.15) is 16.4 Å². The number of aromatic nitrogens is 2. The molecule has 0 aliphatic heterocycles. The number of pyridine rings is 1. The largest absolute Gasteiger partial charge is 0.399 e. The second-order valence-electron chi connectivity index (χ2n) is 4.82. The highest BCUT2D eigenvalue weighted by Crippen LogP contribution is 2.26. The second kappa shape index (κ2) is 5.09. The molecule has 0 bridgehead atoms. The van der Waals surface area contributed by atoms with Crippen molar-refractivity contribution in [2.75, 3.05) is 11.1 Å². The first-order valence-electron chi connectivity index (χ1n) is 6.43. The van der Waals surface area contributed by atoms with E-state index in [1.165, 1.54) is 0 Å². The maximum atomic E-state index is 5.88. The lowest BCUT2D eigenvalue weighted by Gasteiger charge is -2.10. The van der Waals surface area contributed by atoms with Gasteiger partial charge in [0.2, 0.25) is 0 Å². The lowest BCUT2D eigenvalue weighted by molar-refractivity contribution is 1.08. The van der Waals surface area contributed by atoms with E-state index in [9.17, 15) is 0 Å². The van der Waals surface area contributed by atoms with E-state index in [2.05, 4.69) is 20.7 Å². The molecule has 0 fully saturated rings. The van der Waals surface area contributed by atoms with Crippen LogP contribution in [0.25, 0.3) is 10.9 Å². The summed E-state index contributed by atoms with van der Waals surface area (Å²) >= 11 is 1.67. The van der Waals surface area contributed by atoms with Crippen molar-refractivity contribution in [1.29, 1.82) is 0 Å². The number of fused-ring (bicyclic) bond motifs is 1. The number of nitrogens with zero attached hydrogens (tertiary/aromatic N) is 2. The molecule has 3 N–H and O–H groups in total. The molecule has 20 heavy (non-hydrogen) atoms. The molecule has 4 nitrogen and oxygen atoms in total. The van der Waals surface area contributed by atoms with E-state index >= 15 is 0 Å². The van der Waals surface area contributed by atoms with E-state index in [-0.39, 0.29) is 0 Å². The van der Waals surface area contributed by atoms with Gasteiger partial charge < -0.3 is 11.1 Å². The van der Waals surface area contributed by atoms with E-state index in [1.54, 1.807) is 11.3 Å². The second-order valence-corrected chi connectivity index (χ2v) is 5.77. The van der Waals surface area contributed by atoms with Crippen molar-refractivity contribution in [3.05, 3.63) is 46.0 Å². The van der Waals surface area contributed by atoms with Gasteiger partial charge in [0.25, 0.3) is 0 Å². The fourth-order valence-electron chi connectivity index (χ4n) is 2.18. The number of nitrogen functional groups attached to an aromatic ring is 1. The standard InChI is InChI=1S/C15H16N4S/c1-9-5-14(17-7-15-19-10(2)8-20-15)12-6-11(16)3-4-13(12)18-9/h3-6,8H,7,16H2,1-2H3,(H,17,18). The summed E-state index contributed by atoms with van der Waals surface area (Å²) < 4.78 is 0. The van der Waals surface area contributed by atoms with Gasteiger partial charge in [-0.05, 0) is 38.1 Å². The van der Waals surface area contributed by atoms with Crippen LogP contribution in [-0.4, -0.2) is 9.97 Å². The van der Waals surface area contributed by atoms with Gasteiger partial charge in [-0.3, -0.25) is 4.98 Å². The number of rotatable bonds is 3. The van der Waals surface area contributed by atoms with Crippen molar-refractivity contribution in [3.63, 3.8) is 0 Å². The molecule has 0 atom stereocenters. The van der Waals surface area contributed by atoms with Gasteiger partial charge in [-0.15, -0.1) is 11.3 Å². The van der Waals surface area contributed by atoms with Crippen LogP contribution < -0.4 is 11.1 Å². The Bertz CT molecular complexity index is 764. The fourth-order valence-corrected chi connectivity index (χ4v) is 2.89. The highest BCUT2D eigenvalue weighted by atomic mass is 32.1. The van der Waals surface area contributed by atoms with Crippen molar-refractivity contribution >= 4 is 33.6 Å². The lowest BCUT2D eigenvalue weighted by Crippen LogP contribution is -2.01. The number of hydrogen-bond donors (Lipinski definition) is 2. The molecule has 0 amide bonds. The zero-order chi connectivity index (χ0) is 14.1. The summed E-state index contributed by atoms with van der Waals surface area (Å²) in [6, 6.07) is 7.83. The van der Waals surface area contributed by atoms with Crippen molar-refractivity contribution in [2.45, 2.75) is 20.4 Å². The minimum atomic E-state index is 0.714. The number of nitrogens with two attached hydrogens (primary N) is 1. The Morgan fingerprint density at radius 3 is 2.75 bits per heavy atom. The van der Waals surface area contributed by atoms with Crippen molar-refractivity contribution < 1.29 is 0 Å². The fraction of sp³-hybridized carbons (Fsp3) is 0.200. The van der Waals surface area contributed by atoms with Gasteiger partial charge in [0.1, 0.15) is 5.01 Å². The maximum Gasteiger partial charge on any atom is 0.112 e. The molecule has 3 rings (SSSR count). The summed E-state index contributed by atoms with van der Waals surface area (Å²) in [5.41, 5.74) is 10.7. The van der Waals surface area contributed by atoms with Gasteiger partial charge in [0.05, 0.1) is 12.1 Å². The predicted octanol–water partition coefficient (Wildman–Crippen LogP) is 3.50. The van der Waals surface area contributed by atoms with E-state index in [0.29, 0.717) is 6.54 Å². The van der Waals surface area contributed by atoms with Crippen LogP contribution in [0.2, 0.25) is 0 Å². The Kier molecular flexibility index (Phi) is 3.28. The average molecular weight is 284 g/mol. The number of anilines is 2. The minimum absolute atomic E-state index is 0.714. The van der Waals surface area contributed by atoms with Gasteiger partial charge in [-0.1, -0.05) is 0 Å². The van der Waals surface area contributed by atoms with Crippen LogP contribution >= 0.6 is 11.3 Å². The Morgan fingerprint density at radius 1 is 1.15 bits per heavy atom. The maximum absolute atomic E-state index is 5.88. The van der Waals surface area contributed by atoms with Crippen LogP contribution in [0.5, 0.6) is 0 Å². The molecule has 0 saturated heterocycles. The normalized spacial score (nSPS) is 10.9. The molecule has 102 valence electrons. The smallest absolute Gasteiger partial charge is 0.112 e. The van der Waals surface area contributed by atoms with Gasteiger partial charge in [0, 0.05) is 33.5 Å². The molecule has 3 aromatic rings. The van der Waals surface area contributed by atoms with Crippen LogP contribution in [0.3, 0.4) is 0 Å². The van der Waals surface area contributed by atoms with Crippen LogP contribution in [0.15, 0.2) is 29.6 Å². The van der Waals surface area contributed by atoms with Crippen LogP contribution in [0, 0.1) is 13.8 Å². The third-order valence-corrected chi connectivity index (χ3v) is 4.02. The molecule has 0 aliphatic carbocycles. The first-order valence-corrected chi connectivity index (χ1v) is 7.31. The topological polar surface area (TPSA) is 63.8 Å². The Labute approximate surface area is 121 Å². The third kappa shape index (κ3) is 2.58. The first kappa shape index (κ1) is 12.9. The van der Waals surface area contributed by atoms with Crippen molar-refractivity contribution in [2.24, 2.45) is 0 Å². The number of thiazole rings is 1. The molecular weight excluding hydrogens is 268 g/mol. The summed E-state index contributed by atoms with van der Waals surface area (Å²) in [5, 5.41) is 7.62. The lowest BCUT2D eigenvalue weighted by atomic mass is 10.1. The summed E-state index contributed by atoms with van der Waals surface area (Å²) in [4.78, 5) is 8.99. The molecule has 5 heteroatoms. The molecule has 1 aromatic carbocycles. The summed E-state index contributed by atoms with van der Waals surface area (Å²) in [6.07, 6.45) is 0. The molecule has 0 saturated carbocycles. The number of aryl methyl sites for hydroxylation is 2. The van der Waals surface area contributed by atoms with Gasteiger partial charge in [0.15, 0.2) is 0 Å². The van der Waals surface area contributed by atoms with E-state index in [0.717, 1.165) is 38.7 Å². The molecule has 2 heterocycles. The molecule has 0 unspecified atom stereocenters. The SMILES string of the molecule is Cc1csc(CNc2cc(C)nc3ccc(N)cc23)n1. The Hall–Kier alpha value is -2.14. The van der Waals surface area contributed by atoms with Crippen LogP contribution in [0.4, 0.5) is 11.4 Å². The quantitative estimate of drug-likeness (QED) is 0.722. The Morgan fingerprint density at radius 2 is 2.00 bits per heavy atom. The average Bonchev–Trinajstić information content (AvgIpc) is 2.82. The third-order valence-electron chi connectivity index (χ3n) is 3.06. The summed E-state index contributed by atoms with van der Waals surface area (Å²) in [5.74, 6) is 0. The van der Waals surface area contributed by atoms with Gasteiger partial charge >= 0.3 is 0 Å².